The van der Waals surface area contributed by atoms with Crippen molar-refractivity contribution >= 4 is 28.6 Å². The summed E-state index contributed by atoms with van der Waals surface area (Å²) in [6.45, 7) is 4.63. The van der Waals surface area contributed by atoms with E-state index in [2.05, 4.69) is 15.2 Å². The standard InChI is InChI=1S/C16H16N4O2S2/c1-9-6-12(23-7-9)16(21)20-5-3-4-11(20)14-18-19-15(22-14)13-10(2)17-8-24-13/h6-8,11H,3-5H2,1-2H3. The Morgan fingerprint density at radius 3 is 2.92 bits per heavy atom. The van der Waals surface area contributed by atoms with Gasteiger partial charge in [0.2, 0.25) is 5.89 Å². The van der Waals surface area contributed by atoms with E-state index in [9.17, 15) is 4.79 Å². The highest BCUT2D eigenvalue weighted by Gasteiger charge is 2.35. The van der Waals surface area contributed by atoms with Gasteiger partial charge in [-0.2, -0.15) is 0 Å². The van der Waals surface area contributed by atoms with Crippen molar-refractivity contribution in [2.75, 3.05) is 6.54 Å². The molecule has 0 radical (unpaired) electrons. The molecule has 1 amide bonds. The van der Waals surface area contributed by atoms with Crippen molar-refractivity contribution in [1.29, 1.82) is 0 Å². The SMILES string of the molecule is Cc1csc(C(=O)N2CCCC2c2nnc(-c3scnc3C)o2)c1. The molecule has 4 rings (SSSR count). The fourth-order valence-electron chi connectivity index (χ4n) is 2.92. The van der Waals surface area contributed by atoms with E-state index in [0.29, 0.717) is 11.8 Å². The molecule has 6 nitrogen and oxygen atoms in total. The quantitative estimate of drug-likeness (QED) is 0.709. The third-order valence-electron chi connectivity index (χ3n) is 4.12. The summed E-state index contributed by atoms with van der Waals surface area (Å²) in [6, 6.07) is 1.79. The number of carbonyl (C=O) groups is 1. The number of thiophene rings is 1. The molecule has 24 heavy (non-hydrogen) atoms. The smallest absolute Gasteiger partial charge is 0.264 e. The maximum absolute atomic E-state index is 12.8. The van der Waals surface area contributed by atoms with E-state index in [1.807, 2.05) is 30.2 Å². The van der Waals surface area contributed by atoms with Crippen LogP contribution in [0.3, 0.4) is 0 Å². The van der Waals surface area contributed by atoms with Gasteiger partial charge in [-0.25, -0.2) is 4.98 Å². The molecule has 4 heterocycles. The van der Waals surface area contributed by atoms with Gasteiger partial charge in [0.1, 0.15) is 10.9 Å². The lowest BCUT2D eigenvalue weighted by molar-refractivity contribution is 0.0721. The van der Waals surface area contributed by atoms with Crippen LogP contribution in [-0.4, -0.2) is 32.5 Å². The number of rotatable bonds is 3. The number of nitrogens with zero attached hydrogens (tertiary/aromatic N) is 4. The first-order valence-electron chi connectivity index (χ1n) is 7.73. The molecular weight excluding hydrogens is 344 g/mol. The van der Waals surface area contributed by atoms with Crippen LogP contribution in [0.4, 0.5) is 0 Å². The molecule has 3 aromatic rings. The van der Waals surface area contributed by atoms with Crippen molar-refractivity contribution in [2.24, 2.45) is 0 Å². The van der Waals surface area contributed by atoms with Gasteiger partial charge in [-0.3, -0.25) is 4.79 Å². The van der Waals surface area contributed by atoms with Crippen molar-refractivity contribution in [1.82, 2.24) is 20.1 Å². The highest BCUT2D eigenvalue weighted by Crippen LogP contribution is 2.35. The van der Waals surface area contributed by atoms with E-state index in [1.54, 1.807) is 5.51 Å². The van der Waals surface area contributed by atoms with Gasteiger partial charge in [0.05, 0.1) is 16.1 Å². The van der Waals surface area contributed by atoms with E-state index in [-0.39, 0.29) is 11.9 Å². The van der Waals surface area contributed by atoms with Crippen LogP contribution in [0.1, 0.15) is 45.7 Å². The van der Waals surface area contributed by atoms with Gasteiger partial charge >= 0.3 is 0 Å². The minimum atomic E-state index is -0.144. The Balaban J connectivity index is 1.60. The first-order valence-corrected chi connectivity index (χ1v) is 9.49. The lowest BCUT2D eigenvalue weighted by atomic mass is 10.2. The zero-order valence-electron chi connectivity index (χ0n) is 13.4. The van der Waals surface area contributed by atoms with E-state index < -0.39 is 0 Å². The fraction of sp³-hybridized carbons (Fsp3) is 0.375. The second-order valence-electron chi connectivity index (χ2n) is 5.86. The molecule has 0 aliphatic carbocycles. The number of likely N-dealkylation sites (tertiary alicyclic amines) is 1. The average Bonchev–Trinajstić information content (AvgIpc) is 3.32. The molecule has 124 valence electrons. The van der Waals surface area contributed by atoms with Crippen molar-refractivity contribution in [2.45, 2.75) is 32.7 Å². The average molecular weight is 360 g/mol. The summed E-state index contributed by atoms with van der Waals surface area (Å²) in [5.41, 5.74) is 3.75. The number of thiazole rings is 1. The molecule has 8 heteroatoms. The molecule has 0 bridgehead atoms. The number of amides is 1. The number of hydrogen-bond donors (Lipinski definition) is 0. The number of aryl methyl sites for hydroxylation is 2. The molecule has 0 spiro atoms. The number of hydrogen-bond acceptors (Lipinski definition) is 7. The van der Waals surface area contributed by atoms with Crippen molar-refractivity contribution < 1.29 is 9.21 Å². The van der Waals surface area contributed by atoms with Gasteiger partial charge in [-0.05, 0) is 43.7 Å². The van der Waals surface area contributed by atoms with Crippen molar-refractivity contribution in [3.8, 4) is 10.8 Å². The molecule has 0 aromatic carbocycles. The summed E-state index contributed by atoms with van der Waals surface area (Å²) in [7, 11) is 0. The molecule has 1 aliphatic rings. The van der Waals surface area contributed by atoms with Crippen molar-refractivity contribution in [3.05, 3.63) is 39.0 Å². The second kappa shape index (κ2) is 6.10. The lowest BCUT2D eigenvalue weighted by Crippen LogP contribution is -2.30. The van der Waals surface area contributed by atoms with Crippen LogP contribution in [0.2, 0.25) is 0 Å². The Labute approximate surface area is 147 Å². The lowest BCUT2D eigenvalue weighted by Gasteiger charge is -2.21. The first-order chi connectivity index (χ1) is 11.6. The highest BCUT2D eigenvalue weighted by atomic mass is 32.1. The molecule has 0 N–H and O–H groups in total. The topological polar surface area (TPSA) is 72.1 Å². The maximum atomic E-state index is 12.8. The monoisotopic (exact) mass is 360 g/mol. The van der Waals surface area contributed by atoms with Gasteiger partial charge in [0.25, 0.3) is 11.8 Å². The summed E-state index contributed by atoms with van der Waals surface area (Å²) in [4.78, 5) is 20.5. The van der Waals surface area contributed by atoms with Crippen LogP contribution < -0.4 is 0 Å². The fourth-order valence-corrected chi connectivity index (χ4v) is 4.50. The van der Waals surface area contributed by atoms with Crippen LogP contribution in [0.5, 0.6) is 0 Å². The van der Waals surface area contributed by atoms with Crippen LogP contribution in [0.25, 0.3) is 10.8 Å². The summed E-state index contributed by atoms with van der Waals surface area (Å²) >= 11 is 2.96. The Hall–Kier alpha value is -2.06. The zero-order valence-corrected chi connectivity index (χ0v) is 15.0. The molecule has 1 saturated heterocycles. The Morgan fingerprint density at radius 2 is 2.21 bits per heavy atom. The van der Waals surface area contributed by atoms with Crippen LogP contribution in [0.15, 0.2) is 21.4 Å². The van der Waals surface area contributed by atoms with Gasteiger partial charge < -0.3 is 9.32 Å². The molecule has 1 fully saturated rings. The maximum Gasteiger partial charge on any atom is 0.264 e. The molecule has 3 aromatic heterocycles. The molecule has 1 atom stereocenters. The van der Waals surface area contributed by atoms with Crippen LogP contribution >= 0.6 is 22.7 Å². The third-order valence-corrected chi connectivity index (χ3v) is 6.07. The normalized spacial score (nSPS) is 17.6. The Kier molecular flexibility index (Phi) is 3.93. The van der Waals surface area contributed by atoms with E-state index in [4.69, 9.17) is 4.42 Å². The zero-order chi connectivity index (χ0) is 16.7. The molecular formula is C16H16N4O2S2. The van der Waals surface area contributed by atoms with Gasteiger partial charge in [0.15, 0.2) is 0 Å². The molecule has 1 aliphatic heterocycles. The summed E-state index contributed by atoms with van der Waals surface area (Å²) in [5.74, 6) is 1.04. The van der Waals surface area contributed by atoms with E-state index in [0.717, 1.165) is 40.4 Å². The summed E-state index contributed by atoms with van der Waals surface area (Å²) < 4.78 is 5.87. The van der Waals surface area contributed by atoms with Crippen LogP contribution in [0, 0.1) is 13.8 Å². The summed E-state index contributed by atoms with van der Waals surface area (Å²) in [5, 5.41) is 10.3. The van der Waals surface area contributed by atoms with E-state index >= 15 is 0 Å². The third kappa shape index (κ3) is 2.65. The van der Waals surface area contributed by atoms with Crippen LogP contribution in [-0.2, 0) is 0 Å². The Morgan fingerprint density at radius 1 is 1.33 bits per heavy atom. The molecule has 1 unspecified atom stereocenters. The summed E-state index contributed by atoms with van der Waals surface area (Å²) in [6.07, 6.45) is 1.79. The van der Waals surface area contributed by atoms with Gasteiger partial charge in [-0.1, -0.05) is 0 Å². The predicted molar refractivity (Wildman–Crippen MR) is 92.2 cm³/mol. The van der Waals surface area contributed by atoms with E-state index in [1.165, 1.54) is 22.7 Å². The first kappa shape index (κ1) is 15.5. The predicted octanol–water partition coefficient (Wildman–Crippen LogP) is 3.85. The number of carbonyl (C=O) groups excluding carboxylic acids is 1. The van der Waals surface area contributed by atoms with Crippen molar-refractivity contribution in [3.63, 3.8) is 0 Å². The number of aromatic nitrogens is 3. The highest BCUT2D eigenvalue weighted by molar-refractivity contribution is 7.13. The van der Waals surface area contributed by atoms with Gasteiger partial charge in [-0.15, -0.1) is 32.9 Å². The second-order valence-corrected chi connectivity index (χ2v) is 7.62. The van der Waals surface area contributed by atoms with Gasteiger partial charge in [0, 0.05) is 6.54 Å². The largest absolute Gasteiger partial charge is 0.418 e. The Bertz CT molecular complexity index is 882. The molecule has 0 saturated carbocycles. The minimum Gasteiger partial charge on any atom is -0.418 e. The minimum absolute atomic E-state index is 0.0457.